The van der Waals surface area contributed by atoms with E-state index in [-0.39, 0.29) is 19.8 Å². The Morgan fingerprint density at radius 3 is 1.53 bits per heavy atom. The molecule has 2 unspecified atom stereocenters. The summed E-state index contributed by atoms with van der Waals surface area (Å²) in [5.74, 6) is 0. The summed E-state index contributed by atoms with van der Waals surface area (Å²) in [6.07, 6.45) is 23.5. The number of rotatable bonds is 33. The fourth-order valence-electron chi connectivity index (χ4n) is 4.94. The van der Waals surface area contributed by atoms with E-state index in [2.05, 4.69) is 20.8 Å². The van der Waals surface area contributed by atoms with Gasteiger partial charge in [0.05, 0.1) is 34.4 Å². The molecule has 1 N–H and O–H groups in total. The van der Waals surface area contributed by atoms with Crippen molar-refractivity contribution in [3.05, 3.63) is 0 Å². The van der Waals surface area contributed by atoms with Crippen LogP contribution in [0.3, 0.4) is 0 Å². The highest BCUT2D eigenvalue weighted by atomic mass is 31.2. The Labute approximate surface area is 278 Å². The van der Waals surface area contributed by atoms with Crippen molar-refractivity contribution in [1.82, 2.24) is 4.90 Å². The van der Waals surface area contributed by atoms with E-state index in [0.29, 0.717) is 30.7 Å². The van der Waals surface area contributed by atoms with Crippen LogP contribution in [0.5, 0.6) is 0 Å². The number of carbonyl (C=O) groups is 1. The maximum atomic E-state index is 13.0. The molecular weight excluding hydrogens is 591 g/mol. The predicted molar refractivity (Wildman–Crippen MR) is 187 cm³/mol. The van der Waals surface area contributed by atoms with Gasteiger partial charge >= 0.3 is 13.9 Å². The van der Waals surface area contributed by atoms with Crippen molar-refractivity contribution in [3.8, 4) is 0 Å². The molecule has 9 nitrogen and oxygen atoms in total. The molecule has 0 heterocycles. The second-order valence-corrected chi connectivity index (χ2v) is 15.1. The van der Waals surface area contributed by atoms with E-state index in [1.807, 2.05) is 21.1 Å². The van der Waals surface area contributed by atoms with Crippen LogP contribution in [0.2, 0.25) is 0 Å². The van der Waals surface area contributed by atoms with E-state index >= 15 is 0 Å². The summed E-state index contributed by atoms with van der Waals surface area (Å²) in [4.78, 5) is 24.9. The molecule has 10 heteroatoms. The van der Waals surface area contributed by atoms with Crippen molar-refractivity contribution >= 4 is 13.9 Å². The van der Waals surface area contributed by atoms with Gasteiger partial charge in [0.2, 0.25) is 0 Å². The van der Waals surface area contributed by atoms with Crippen molar-refractivity contribution in [2.45, 2.75) is 155 Å². The fraction of sp³-hybridized carbons (Fsp3) is 0.971. The molecule has 0 saturated carbocycles. The number of likely N-dealkylation sites (N-methyl/N-ethyl adjacent to an activating group) is 1. The lowest BCUT2D eigenvalue weighted by Crippen LogP contribution is -2.38. The first kappa shape index (κ1) is 44.3. The number of phosphoric acid groups is 1. The van der Waals surface area contributed by atoms with Gasteiger partial charge in [0.25, 0.3) is 0 Å². The number of unbranched alkanes of at least 4 members (excludes halogenated alkanes) is 17. The fourth-order valence-corrected chi connectivity index (χ4v) is 5.68. The zero-order valence-corrected chi connectivity index (χ0v) is 31.3. The van der Waals surface area contributed by atoms with Crippen LogP contribution in [0.15, 0.2) is 0 Å². The summed E-state index contributed by atoms with van der Waals surface area (Å²) >= 11 is 0. The van der Waals surface area contributed by atoms with Crippen LogP contribution >= 0.6 is 7.82 Å². The lowest BCUT2D eigenvalue weighted by atomic mass is 10.0. The van der Waals surface area contributed by atoms with Crippen LogP contribution in [0.25, 0.3) is 0 Å². The van der Waals surface area contributed by atoms with Crippen LogP contribution in [-0.2, 0) is 23.1 Å². The predicted octanol–water partition coefficient (Wildman–Crippen LogP) is 9.51. The topological polar surface area (TPSA) is 94.5 Å². The standard InChI is InChI=1S/C35H73N2O7P/c1-7-10-13-14-15-16-17-18-19-20-21-22-23-24-25-26-30-41-32-34(33-43-45(39,40)42-31-29-37(4,5)6)44-35(38)36(27-11-8-2)28-12-9-3/h34H,7-33H2,1-6H3/p+1. The maximum absolute atomic E-state index is 13.0. The summed E-state index contributed by atoms with van der Waals surface area (Å²) in [5.41, 5.74) is 0. The van der Waals surface area contributed by atoms with Crippen molar-refractivity contribution in [3.63, 3.8) is 0 Å². The maximum Gasteiger partial charge on any atom is 0.472 e. The number of nitrogens with zero attached hydrogens (tertiary/aromatic N) is 2. The van der Waals surface area contributed by atoms with Crippen LogP contribution in [0.1, 0.15) is 149 Å². The average Bonchev–Trinajstić information content (AvgIpc) is 2.98. The number of phosphoric ester groups is 1. The third-order valence-corrected chi connectivity index (χ3v) is 8.96. The van der Waals surface area contributed by atoms with Crippen molar-refractivity contribution in [2.75, 3.05) is 67.2 Å². The Balaban J connectivity index is 4.38. The lowest BCUT2D eigenvalue weighted by Gasteiger charge is -2.26. The SMILES string of the molecule is CCCCCCCCCCCCCCCCCCOCC(COP(=O)(O)OCC[N+](C)(C)C)OC(=O)N(CCCC)CCCC. The number of amides is 1. The first-order valence-corrected chi connectivity index (χ1v) is 20.0. The quantitative estimate of drug-likeness (QED) is 0.0424. The van der Waals surface area contributed by atoms with E-state index < -0.39 is 20.0 Å². The first-order valence-electron chi connectivity index (χ1n) is 18.5. The van der Waals surface area contributed by atoms with Gasteiger partial charge in [-0.15, -0.1) is 0 Å². The molecule has 0 rings (SSSR count). The largest absolute Gasteiger partial charge is 0.472 e. The average molecular weight is 666 g/mol. The van der Waals surface area contributed by atoms with Crippen LogP contribution in [-0.4, -0.2) is 93.7 Å². The Bertz CT molecular complexity index is 713. The monoisotopic (exact) mass is 666 g/mol. The molecule has 2 atom stereocenters. The molecule has 1 amide bonds. The van der Waals surface area contributed by atoms with Crippen molar-refractivity contribution in [1.29, 1.82) is 0 Å². The van der Waals surface area contributed by atoms with Gasteiger partial charge in [-0.3, -0.25) is 9.05 Å². The third-order valence-electron chi connectivity index (χ3n) is 7.97. The molecule has 0 fully saturated rings. The molecular formula is C35H74N2O7P+. The minimum absolute atomic E-state index is 0.0826. The Morgan fingerprint density at radius 1 is 0.644 bits per heavy atom. The van der Waals surface area contributed by atoms with E-state index in [9.17, 15) is 14.3 Å². The van der Waals surface area contributed by atoms with Gasteiger partial charge < -0.3 is 23.8 Å². The molecule has 0 aliphatic rings. The van der Waals surface area contributed by atoms with Crippen LogP contribution in [0.4, 0.5) is 4.79 Å². The molecule has 0 aromatic rings. The number of quaternary nitrogens is 1. The summed E-state index contributed by atoms with van der Waals surface area (Å²) in [7, 11) is 1.64. The number of carbonyl (C=O) groups excluding carboxylic acids is 1. The Kier molecular flexibility index (Phi) is 29.0. The lowest BCUT2D eigenvalue weighted by molar-refractivity contribution is -0.870. The van der Waals surface area contributed by atoms with Gasteiger partial charge in [-0.2, -0.15) is 0 Å². The number of ether oxygens (including phenoxy) is 2. The number of hydrogen-bond acceptors (Lipinski definition) is 6. The molecule has 0 aromatic carbocycles. The van der Waals surface area contributed by atoms with Crippen molar-refractivity contribution in [2.24, 2.45) is 0 Å². The van der Waals surface area contributed by atoms with E-state index in [1.54, 1.807) is 4.90 Å². The van der Waals surface area contributed by atoms with E-state index in [1.165, 1.54) is 89.9 Å². The molecule has 0 radical (unpaired) electrons. The highest BCUT2D eigenvalue weighted by Crippen LogP contribution is 2.43. The molecule has 0 bridgehead atoms. The van der Waals surface area contributed by atoms with Gasteiger partial charge in [-0.05, 0) is 19.3 Å². The summed E-state index contributed by atoms with van der Waals surface area (Å²) in [5, 5.41) is 0. The zero-order chi connectivity index (χ0) is 33.7. The van der Waals surface area contributed by atoms with Gasteiger partial charge in [-0.1, -0.05) is 130 Å². The molecule has 45 heavy (non-hydrogen) atoms. The molecule has 270 valence electrons. The second-order valence-electron chi connectivity index (χ2n) is 13.7. The molecule has 0 saturated heterocycles. The molecule has 0 aliphatic heterocycles. The van der Waals surface area contributed by atoms with Crippen molar-refractivity contribution < 1.29 is 37.3 Å². The van der Waals surface area contributed by atoms with Gasteiger partial charge in [0.15, 0.2) is 6.10 Å². The van der Waals surface area contributed by atoms with Gasteiger partial charge in [0, 0.05) is 19.7 Å². The Morgan fingerprint density at radius 2 is 1.09 bits per heavy atom. The minimum atomic E-state index is -4.28. The van der Waals surface area contributed by atoms with Gasteiger partial charge in [0.1, 0.15) is 13.2 Å². The molecule has 0 aromatic heterocycles. The Hall–Kier alpha value is -0.700. The second kappa shape index (κ2) is 29.4. The summed E-state index contributed by atoms with van der Waals surface area (Å²) < 4.78 is 35.0. The van der Waals surface area contributed by atoms with E-state index in [0.717, 1.165) is 38.5 Å². The van der Waals surface area contributed by atoms with Crippen LogP contribution in [0, 0.1) is 0 Å². The number of hydrogen-bond donors (Lipinski definition) is 1. The summed E-state index contributed by atoms with van der Waals surface area (Å²) in [6, 6.07) is 0. The first-order chi connectivity index (χ1) is 21.5. The highest BCUT2D eigenvalue weighted by Gasteiger charge is 2.27. The summed E-state index contributed by atoms with van der Waals surface area (Å²) in [6.45, 7) is 8.72. The normalized spacial score (nSPS) is 13.9. The zero-order valence-electron chi connectivity index (χ0n) is 30.4. The molecule has 0 spiro atoms. The third kappa shape index (κ3) is 30.4. The van der Waals surface area contributed by atoms with Crippen LogP contribution < -0.4 is 0 Å². The smallest absolute Gasteiger partial charge is 0.441 e. The van der Waals surface area contributed by atoms with E-state index in [4.69, 9.17) is 18.5 Å². The molecule has 0 aliphatic carbocycles. The van der Waals surface area contributed by atoms with Gasteiger partial charge in [-0.25, -0.2) is 9.36 Å². The highest BCUT2D eigenvalue weighted by molar-refractivity contribution is 7.47. The minimum Gasteiger partial charge on any atom is -0.441 e.